The number of carbonyl (C=O) groups excluding carboxylic acids is 1. The lowest BCUT2D eigenvalue weighted by Gasteiger charge is -2.29. The quantitative estimate of drug-likeness (QED) is 0.783. The molecule has 1 aliphatic rings. The summed E-state index contributed by atoms with van der Waals surface area (Å²) in [7, 11) is -3.33. The summed E-state index contributed by atoms with van der Waals surface area (Å²) in [6, 6.07) is 12.7. The number of sulfonamides is 1. The van der Waals surface area contributed by atoms with Gasteiger partial charge in [0.1, 0.15) is 12.4 Å². The highest BCUT2D eigenvalue weighted by Gasteiger charge is 2.27. The van der Waals surface area contributed by atoms with Gasteiger partial charge in [-0.25, -0.2) is 8.42 Å². The lowest BCUT2D eigenvalue weighted by molar-refractivity contribution is 0.0926. The Morgan fingerprint density at radius 2 is 1.86 bits per heavy atom. The number of nitrogens with zero attached hydrogens (tertiary/aromatic N) is 1. The number of carbonyl (C=O) groups is 1. The Morgan fingerprint density at radius 3 is 2.55 bits per heavy atom. The highest BCUT2D eigenvalue weighted by atomic mass is 32.2. The van der Waals surface area contributed by atoms with Gasteiger partial charge in [0.2, 0.25) is 10.0 Å². The standard InChI is InChI=1S/C22H28N2O4S/c1-16-6-10-20(11-7-16)28-15-18(3)23-22(25)19-9-8-17(2)21(14-19)24-12-4-5-13-29(24,26)27/h6-11,14,18H,4-5,12-13,15H2,1-3H3,(H,23,25). The summed E-state index contributed by atoms with van der Waals surface area (Å²) in [5.74, 6) is 0.654. The molecule has 1 aliphatic heterocycles. The van der Waals surface area contributed by atoms with E-state index in [2.05, 4.69) is 5.32 Å². The van der Waals surface area contributed by atoms with Gasteiger partial charge in [-0.15, -0.1) is 0 Å². The highest BCUT2D eigenvalue weighted by molar-refractivity contribution is 7.92. The van der Waals surface area contributed by atoms with Crippen LogP contribution in [0.4, 0.5) is 5.69 Å². The Morgan fingerprint density at radius 1 is 1.14 bits per heavy atom. The zero-order valence-corrected chi connectivity index (χ0v) is 18.0. The molecule has 0 spiro atoms. The average Bonchev–Trinajstić information content (AvgIpc) is 2.68. The molecule has 1 saturated heterocycles. The molecule has 1 unspecified atom stereocenters. The van der Waals surface area contributed by atoms with Crippen molar-refractivity contribution in [3.8, 4) is 5.75 Å². The molecule has 2 aromatic rings. The van der Waals surface area contributed by atoms with Crippen molar-refractivity contribution in [2.24, 2.45) is 0 Å². The minimum atomic E-state index is -3.33. The van der Waals surface area contributed by atoms with Crippen molar-refractivity contribution in [2.45, 2.75) is 39.7 Å². The van der Waals surface area contributed by atoms with Gasteiger partial charge in [0.25, 0.3) is 5.91 Å². The average molecular weight is 417 g/mol. The van der Waals surface area contributed by atoms with Crippen molar-refractivity contribution in [3.05, 3.63) is 59.2 Å². The van der Waals surface area contributed by atoms with Crippen LogP contribution in [0.5, 0.6) is 5.75 Å². The maximum atomic E-state index is 12.7. The number of nitrogens with one attached hydrogen (secondary N) is 1. The van der Waals surface area contributed by atoms with Gasteiger partial charge in [-0.3, -0.25) is 9.10 Å². The van der Waals surface area contributed by atoms with Crippen LogP contribution in [-0.2, 0) is 10.0 Å². The molecule has 2 aromatic carbocycles. The summed E-state index contributed by atoms with van der Waals surface area (Å²) in [5.41, 5.74) is 3.02. The van der Waals surface area contributed by atoms with E-state index in [9.17, 15) is 13.2 Å². The van der Waals surface area contributed by atoms with Crippen molar-refractivity contribution in [1.29, 1.82) is 0 Å². The Kier molecular flexibility index (Phi) is 6.47. The van der Waals surface area contributed by atoms with Crippen LogP contribution in [-0.4, -0.2) is 39.3 Å². The molecular formula is C22H28N2O4S. The fourth-order valence-electron chi connectivity index (χ4n) is 3.28. The number of anilines is 1. The molecule has 0 radical (unpaired) electrons. The lowest BCUT2D eigenvalue weighted by Crippen LogP contribution is -2.39. The smallest absolute Gasteiger partial charge is 0.251 e. The van der Waals surface area contributed by atoms with Crippen LogP contribution in [0.3, 0.4) is 0 Å². The first-order valence-electron chi connectivity index (χ1n) is 9.88. The van der Waals surface area contributed by atoms with Gasteiger partial charge >= 0.3 is 0 Å². The molecule has 1 amide bonds. The van der Waals surface area contributed by atoms with E-state index in [0.29, 0.717) is 30.8 Å². The fourth-order valence-corrected chi connectivity index (χ4v) is 4.98. The van der Waals surface area contributed by atoms with Crippen LogP contribution in [0.15, 0.2) is 42.5 Å². The summed E-state index contributed by atoms with van der Waals surface area (Å²) in [4.78, 5) is 12.7. The van der Waals surface area contributed by atoms with Gasteiger partial charge < -0.3 is 10.1 Å². The number of ether oxygens (including phenoxy) is 1. The number of aryl methyl sites for hydroxylation is 2. The number of amides is 1. The third-order valence-electron chi connectivity index (χ3n) is 4.99. The van der Waals surface area contributed by atoms with Crippen molar-refractivity contribution in [1.82, 2.24) is 5.32 Å². The molecule has 0 saturated carbocycles. The topological polar surface area (TPSA) is 75.7 Å². The Labute approximate surface area is 172 Å². The Balaban J connectivity index is 1.66. The molecule has 7 heteroatoms. The van der Waals surface area contributed by atoms with Crippen LogP contribution in [0.25, 0.3) is 0 Å². The molecule has 0 aliphatic carbocycles. The van der Waals surface area contributed by atoms with Crippen LogP contribution in [0.1, 0.15) is 41.3 Å². The second-order valence-corrected chi connectivity index (χ2v) is 9.61. The minimum absolute atomic E-state index is 0.149. The van der Waals surface area contributed by atoms with E-state index in [1.807, 2.05) is 45.0 Å². The van der Waals surface area contributed by atoms with Crippen molar-refractivity contribution in [3.63, 3.8) is 0 Å². The molecule has 1 heterocycles. The summed E-state index contributed by atoms with van der Waals surface area (Å²) < 4.78 is 32.0. The van der Waals surface area contributed by atoms with Crippen LogP contribution in [0, 0.1) is 13.8 Å². The number of rotatable bonds is 6. The van der Waals surface area contributed by atoms with Gasteiger partial charge in [0.05, 0.1) is 17.5 Å². The Bertz CT molecular complexity index is 971. The largest absolute Gasteiger partial charge is 0.491 e. The molecule has 156 valence electrons. The third kappa shape index (κ3) is 5.29. The predicted octanol–water partition coefficient (Wildman–Crippen LogP) is 3.43. The predicted molar refractivity (Wildman–Crippen MR) is 115 cm³/mol. The van der Waals surface area contributed by atoms with Crippen LogP contribution in [0.2, 0.25) is 0 Å². The third-order valence-corrected chi connectivity index (χ3v) is 6.84. The fraction of sp³-hybridized carbons (Fsp3) is 0.409. The van der Waals surface area contributed by atoms with Gasteiger partial charge in [-0.1, -0.05) is 23.8 Å². The number of hydrogen-bond acceptors (Lipinski definition) is 4. The maximum absolute atomic E-state index is 12.7. The molecule has 0 aromatic heterocycles. The normalized spacial score (nSPS) is 16.9. The van der Waals surface area contributed by atoms with Gasteiger partial charge in [-0.05, 0) is 63.4 Å². The monoisotopic (exact) mass is 416 g/mol. The van der Waals surface area contributed by atoms with Gasteiger partial charge in [0, 0.05) is 12.1 Å². The van der Waals surface area contributed by atoms with E-state index in [-0.39, 0.29) is 17.7 Å². The van der Waals surface area contributed by atoms with Crippen molar-refractivity contribution >= 4 is 21.6 Å². The van der Waals surface area contributed by atoms with E-state index < -0.39 is 10.0 Å². The first-order valence-corrected chi connectivity index (χ1v) is 11.5. The van der Waals surface area contributed by atoms with E-state index in [1.54, 1.807) is 18.2 Å². The zero-order valence-electron chi connectivity index (χ0n) is 17.1. The minimum Gasteiger partial charge on any atom is -0.491 e. The van der Waals surface area contributed by atoms with E-state index in [0.717, 1.165) is 23.3 Å². The van der Waals surface area contributed by atoms with Crippen LogP contribution >= 0.6 is 0 Å². The van der Waals surface area contributed by atoms with E-state index in [1.165, 1.54) is 4.31 Å². The maximum Gasteiger partial charge on any atom is 0.251 e. The first kappa shape index (κ1) is 21.2. The van der Waals surface area contributed by atoms with Crippen molar-refractivity contribution in [2.75, 3.05) is 23.2 Å². The van der Waals surface area contributed by atoms with Crippen molar-refractivity contribution < 1.29 is 17.9 Å². The summed E-state index contributed by atoms with van der Waals surface area (Å²) in [6.07, 6.45) is 1.50. The van der Waals surface area contributed by atoms with Gasteiger partial charge in [0.15, 0.2) is 0 Å². The molecule has 3 rings (SSSR count). The van der Waals surface area contributed by atoms with E-state index >= 15 is 0 Å². The Hall–Kier alpha value is -2.54. The second-order valence-electron chi connectivity index (χ2n) is 7.60. The molecular weight excluding hydrogens is 388 g/mol. The molecule has 1 fully saturated rings. The molecule has 6 nitrogen and oxygen atoms in total. The van der Waals surface area contributed by atoms with Gasteiger partial charge in [-0.2, -0.15) is 0 Å². The molecule has 29 heavy (non-hydrogen) atoms. The number of benzene rings is 2. The lowest BCUT2D eigenvalue weighted by atomic mass is 10.1. The summed E-state index contributed by atoms with van der Waals surface area (Å²) in [5, 5.41) is 2.92. The SMILES string of the molecule is Cc1ccc(OCC(C)NC(=O)c2ccc(C)c(N3CCCCS3(=O)=O)c2)cc1. The molecule has 1 atom stereocenters. The second kappa shape index (κ2) is 8.86. The number of hydrogen-bond donors (Lipinski definition) is 1. The first-order chi connectivity index (χ1) is 13.8. The molecule has 1 N–H and O–H groups in total. The zero-order chi connectivity index (χ0) is 21.0. The summed E-state index contributed by atoms with van der Waals surface area (Å²) >= 11 is 0. The van der Waals surface area contributed by atoms with E-state index in [4.69, 9.17) is 4.74 Å². The van der Waals surface area contributed by atoms with Crippen LogP contribution < -0.4 is 14.4 Å². The highest BCUT2D eigenvalue weighted by Crippen LogP contribution is 2.28. The molecule has 0 bridgehead atoms. The summed E-state index contributed by atoms with van der Waals surface area (Å²) in [6.45, 7) is 6.54.